The zero-order valence-corrected chi connectivity index (χ0v) is 12.9. The van der Waals surface area contributed by atoms with Crippen LogP contribution in [0.5, 0.6) is 0 Å². The number of aliphatic hydroxyl groups excluding tert-OH is 1. The summed E-state index contributed by atoms with van der Waals surface area (Å²) in [6.45, 7) is 1.98. The maximum absolute atomic E-state index is 10.4. The second kappa shape index (κ2) is 5.46. The Labute approximate surface area is 122 Å². The minimum Gasteiger partial charge on any atom is -0.384 e. The number of aliphatic hydroxyl groups is 1. The Hall–Kier alpha value is -0.460. The molecule has 0 aliphatic heterocycles. The van der Waals surface area contributed by atoms with Gasteiger partial charge >= 0.3 is 0 Å². The maximum atomic E-state index is 10.4. The van der Waals surface area contributed by atoms with Gasteiger partial charge in [-0.2, -0.15) is 0 Å². The van der Waals surface area contributed by atoms with Gasteiger partial charge in [0.1, 0.15) is 6.10 Å². The summed E-state index contributed by atoms with van der Waals surface area (Å²) in [6, 6.07) is 7.80. The average molecular weight is 404 g/mol. The molecule has 0 aliphatic carbocycles. The first-order valence-electron chi connectivity index (χ1n) is 5.13. The van der Waals surface area contributed by atoms with Crippen LogP contribution >= 0.6 is 38.5 Å². The van der Waals surface area contributed by atoms with E-state index < -0.39 is 6.10 Å². The van der Waals surface area contributed by atoms with Gasteiger partial charge in [-0.1, -0.05) is 15.9 Å². The summed E-state index contributed by atoms with van der Waals surface area (Å²) in [5, 5.41) is 10.4. The number of benzene rings is 1. The molecule has 1 aromatic heterocycles. The smallest absolute Gasteiger partial charge is 0.107 e. The highest BCUT2D eigenvalue weighted by atomic mass is 127. The van der Waals surface area contributed by atoms with Crippen molar-refractivity contribution in [2.24, 2.45) is 0 Å². The van der Waals surface area contributed by atoms with Crippen molar-refractivity contribution < 1.29 is 5.11 Å². The summed E-state index contributed by atoms with van der Waals surface area (Å²) in [4.78, 5) is 4.07. The van der Waals surface area contributed by atoms with Gasteiger partial charge in [0.25, 0.3) is 0 Å². The molecule has 0 saturated heterocycles. The van der Waals surface area contributed by atoms with E-state index in [0.717, 1.165) is 24.7 Å². The first-order chi connectivity index (χ1) is 8.09. The number of rotatable bonds is 2. The lowest BCUT2D eigenvalue weighted by Gasteiger charge is -2.15. The fourth-order valence-corrected chi connectivity index (χ4v) is 2.66. The lowest BCUT2D eigenvalue weighted by atomic mass is 10.00. The summed E-state index contributed by atoms with van der Waals surface area (Å²) < 4.78 is 2.01. The highest BCUT2D eigenvalue weighted by Gasteiger charge is 2.16. The van der Waals surface area contributed by atoms with Crippen molar-refractivity contribution in [1.29, 1.82) is 0 Å². The van der Waals surface area contributed by atoms with E-state index in [1.165, 1.54) is 0 Å². The molecule has 0 aliphatic rings. The van der Waals surface area contributed by atoms with Crippen molar-refractivity contribution in [2.45, 2.75) is 13.0 Å². The molecule has 0 saturated carbocycles. The molecule has 2 nitrogen and oxygen atoms in total. The van der Waals surface area contributed by atoms with E-state index in [9.17, 15) is 5.11 Å². The Morgan fingerprint density at radius 2 is 2.06 bits per heavy atom. The highest BCUT2D eigenvalue weighted by Crippen LogP contribution is 2.29. The number of hydrogen-bond donors (Lipinski definition) is 1. The molecule has 1 unspecified atom stereocenters. The van der Waals surface area contributed by atoms with Crippen LogP contribution in [0.15, 0.2) is 41.1 Å². The molecule has 0 fully saturated rings. The van der Waals surface area contributed by atoms with Gasteiger partial charge in [0.2, 0.25) is 0 Å². The number of hydrogen-bond acceptors (Lipinski definition) is 2. The zero-order chi connectivity index (χ0) is 12.4. The molecule has 0 bridgehead atoms. The van der Waals surface area contributed by atoms with Gasteiger partial charge in [-0.05, 0) is 64.9 Å². The number of aryl methyl sites for hydroxylation is 1. The monoisotopic (exact) mass is 403 g/mol. The third kappa shape index (κ3) is 2.86. The maximum Gasteiger partial charge on any atom is 0.107 e. The largest absolute Gasteiger partial charge is 0.384 e. The van der Waals surface area contributed by atoms with Crippen molar-refractivity contribution in [3.8, 4) is 0 Å². The normalized spacial score (nSPS) is 12.5. The van der Waals surface area contributed by atoms with Gasteiger partial charge in [-0.25, -0.2) is 0 Å². The van der Waals surface area contributed by atoms with Crippen LogP contribution in [0.25, 0.3) is 0 Å². The third-order valence-electron chi connectivity index (χ3n) is 2.63. The van der Waals surface area contributed by atoms with Crippen molar-refractivity contribution in [3.63, 3.8) is 0 Å². The molecule has 2 rings (SSSR count). The van der Waals surface area contributed by atoms with E-state index in [-0.39, 0.29) is 0 Å². The summed E-state index contributed by atoms with van der Waals surface area (Å²) >= 11 is 5.66. The molecule has 0 spiro atoms. The van der Waals surface area contributed by atoms with Crippen LogP contribution in [0, 0.1) is 10.5 Å². The fourth-order valence-electron chi connectivity index (χ4n) is 1.65. The van der Waals surface area contributed by atoms with Crippen molar-refractivity contribution in [3.05, 3.63) is 61.4 Å². The predicted octanol–water partition coefficient (Wildman–Crippen LogP) is 3.84. The molecular weight excluding hydrogens is 393 g/mol. The molecular formula is C13H11BrINO. The summed E-state index contributed by atoms with van der Waals surface area (Å²) in [5.41, 5.74) is 2.79. The quantitative estimate of drug-likeness (QED) is 0.773. The van der Waals surface area contributed by atoms with E-state index >= 15 is 0 Å². The van der Waals surface area contributed by atoms with Crippen LogP contribution in [-0.2, 0) is 0 Å². The van der Waals surface area contributed by atoms with Crippen LogP contribution in [0.2, 0.25) is 0 Å². The number of nitrogens with zero attached hydrogens (tertiary/aromatic N) is 1. The van der Waals surface area contributed by atoms with Crippen LogP contribution < -0.4 is 0 Å². The zero-order valence-electron chi connectivity index (χ0n) is 9.19. The first kappa shape index (κ1) is 13.0. The van der Waals surface area contributed by atoms with E-state index in [2.05, 4.69) is 43.5 Å². The molecule has 1 N–H and O–H groups in total. The second-order valence-corrected chi connectivity index (χ2v) is 5.88. The Morgan fingerprint density at radius 1 is 1.29 bits per heavy atom. The van der Waals surface area contributed by atoms with Gasteiger partial charge in [-0.15, -0.1) is 0 Å². The molecule has 1 atom stereocenters. The Balaban J connectivity index is 2.47. The second-order valence-electron chi connectivity index (χ2n) is 3.80. The number of pyridine rings is 1. The Morgan fingerprint density at radius 3 is 2.76 bits per heavy atom. The molecule has 0 radical (unpaired) electrons. The molecule has 4 heteroatoms. The topological polar surface area (TPSA) is 33.1 Å². The molecule has 2 aromatic rings. The minimum atomic E-state index is -0.631. The van der Waals surface area contributed by atoms with Gasteiger partial charge < -0.3 is 5.11 Å². The van der Waals surface area contributed by atoms with Gasteiger partial charge in [0.05, 0.1) is 0 Å². The summed E-state index contributed by atoms with van der Waals surface area (Å²) in [7, 11) is 0. The standard InChI is InChI=1S/C13H11BrINO/c1-8-4-5-16-7-11(8)13(17)10-6-9(14)2-3-12(10)15/h2-7,13,17H,1H3. The predicted molar refractivity (Wildman–Crippen MR) is 79.9 cm³/mol. The van der Waals surface area contributed by atoms with Gasteiger partial charge in [0.15, 0.2) is 0 Å². The molecule has 88 valence electrons. The van der Waals surface area contributed by atoms with Crippen LogP contribution in [0.3, 0.4) is 0 Å². The number of halogens is 2. The van der Waals surface area contributed by atoms with Crippen LogP contribution in [-0.4, -0.2) is 10.1 Å². The molecule has 1 aromatic carbocycles. The van der Waals surface area contributed by atoms with Crippen molar-refractivity contribution in [1.82, 2.24) is 4.98 Å². The van der Waals surface area contributed by atoms with Crippen LogP contribution in [0.4, 0.5) is 0 Å². The Bertz CT molecular complexity index is 545. The van der Waals surface area contributed by atoms with E-state index in [4.69, 9.17) is 0 Å². The lowest BCUT2D eigenvalue weighted by Crippen LogP contribution is -2.04. The number of aromatic nitrogens is 1. The SMILES string of the molecule is Cc1ccncc1C(O)c1cc(Br)ccc1I. The molecule has 1 heterocycles. The van der Waals surface area contributed by atoms with Crippen LogP contribution in [0.1, 0.15) is 22.8 Å². The van der Waals surface area contributed by atoms with E-state index in [1.807, 2.05) is 31.2 Å². The van der Waals surface area contributed by atoms with E-state index in [1.54, 1.807) is 12.4 Å². The van der Waals surface area contributed by atoms with Crippen molar-refractivity contribution >= 4 is 38.5 Å². The Kier molecular flexibility index (Phi) is 4.17. The highest BCUT2D eigenvalue weighted by molar-refractivity contribution is 14.1. The molecule has 17 heavy (non-hydrogen) atoms. The summed E-state index contributed by atoms with van der Waals surface area (Å²) in [6.07, 6.45) is 2.82. The summed E-state index contributed by atoms with van der Waals surface area (Å²) in [5.74, 6) is 0. The third-order valence-corrected chi connectivity index (χ3v) is 4.10. The first-order valence-corrected chi connectivity index (χ1v) is 7.00. The fraction of sp³-hybridized carbons (Fsp3) is 0.154. The van der Waals surface area contributed by atoms with Crippen molar-refractivity contribution in [2.75, 3.05) is 0 Å². The average Bonchev–Trinajstić information content (AvgIpc) is 2.32. The van der Waals surface area contributed by atoms with Gasteiger partial charge in [-0.3, -0.25) is 4.98 Å². The molecule has 0 amide bonds. The lowest BCUT2D eigenvalue weighted by molar-refractivity contribution is 0.218. The minimum absolute atomic E-state index is 0.631. The van der Waals surface area contributed by atoms with Gasteiger partial charge in [0, 0.05) is 26.0 Å². The van der Waals surface area contributed by atoms with E-state index in [0.29, 0.717) is 0 Å².